The zero-order valence-electron chi connectivity index (χ0n) is 12.5. The minimum Gasteiger partial charge on any atom is -0.458 e. The van der Waals surface area contributed by atoms with Gasteiger partial charge in [-0.05, 0) is 13.8 Å². The summed E-state index contributed by atoms with van der Waals surface area (Å²) in [5.74, 6) is -3.07. The van der Waals surface area contributed by atoms with Crippen LogP contribution in [0.25, 0.3) is 0 Å². The molecule has 5 aliphatic rings. The lowest BCUT2D eigenvalue weighted by Crippen LogP contribution is -2.69. The molecule has 0 aromatic carbocycles. The van der Waals surface area contributed by atoms with Crippen LogP contribution in [0, 0.1) is 23.2 Å². The van der Waals surface area contributed by atoms with Crippen molar-refractivity contribution in [3.05, 3.63) is 0 Å². The molecule has 3 saturated heterocycles. The summed E-state index contributed by atoms with van der Waals surface area (Å²) < 4.78 is 16.5. The molecule has 7 nitrogen and oxygen atoms in total. The molecule has 9 atom stereocenters. The van der Waals surface area contributed by atoms with Gasteiger partial charge in [0.25, 0.3) is 0 Å². The monoisotopic (exact) mass is 310 g/mol. The van der Waals surface area contributed by atoms with Gasteiger partial charge in [0, 0.05) is 5.92 Å². The molecule has 2 N–H and O–H groups in total. The van der Waals surface area contributed by atoms with Crippen molar-refractivity contribution in [2.75, 3.05) is 0 Å². The van der Waals surface area contributed by atoms with Crippen molar-refractivity contribution in [2.24, 2.45) is 23.2 Å². The highest BCUT2D eigenvalue weighted by Crippen LogP contribution is 2.73. The van der Waals surface area contributed by atoms with Crippen molar-refractivity contribution in [1.82, 2.24) is 0 Å². The number of hydrogen-bond donors (Lipinski definition) is 2. The second-order valence-corrected chi connectivity index (χ2v) is 8.02. The van der Waals surface area contributed by atoms with Gasteiger partial charge in [-0.25, -0.2) is 0 Å². The molecule has 9 unspecified atom stereocenters. The number of aliphatic hydroxyl groups is 2. The smallest absolute Gasteiger partial charge is 0.312 e. The van der Waals surface area contributed by atoms with Gasteiger partial charge in [-0.1, -0.05) is 6.92 Å². The molecule has 5 rings (SSSR count). The van der Waals surface area contributed by atoms with E-state index in [2.05, 4.69) is 0 Å². The van der Waals surface area contributed by atoms with Crippen LogP contribution in [0.3, 0.4) is 0 Å². The molecule has 7 heteroatoms. The molecule has 2 saturated carbocycles. The summed E-state index contributed by atoms with van der Waals surface area (Å²) in [7, 11) is 0. The molecule has 5 fully saturated rings. The number of ether oxygens (including phenoxy) is 3. The normalized spacial score (nSPS) is 60.7. The topological polar surface area (TPSA) is 106 Å². The van der Waals surface area contributed by atoms with Gasteiger partial charge >= 0.3 is 11.9 Å². The molecule has 0 spiro atoms. The van der Waals surface area contributed by atoms with Crippen molar-refractivity contribution in [1.29, 1.82) is 0 Å². The molecular weight excluding hydrogens is 292 g/mol. The molecule has 0 aromatic rings. The molecule has 3 heterocycles. The maximum atomic E-state index is 12.4. The third-order valence-corrected chi connectivity index (χ3v) is 6.69. The van der Waals surface area contributed by atoms with Crippen molar-refractivity contribution in [3.63, 3.8) is 0 Å². The molecule has 2 aliphatic carbocycles. The molecule has 0 aromatic heterocycles. The van der Waals surface area contributed by atoms with Gasteiger partial charge in [0.15, 0.2) is 0 Å². The summed E-state index contributed by atoms with van der Waals surface area (Å²) >= 11 is 0. The Labute approximate surface area is 126 Å². The number of hydrogen-bond acceptors (Lipinski definition) is 7. The first-order valence-corrected chi connectivity index (χ1v) is 7.64. The number of epoxide rings is 1. The highest BCUT2D eigenvalue weighted by atomic mass is 16.6. The second kappa shape index (κ2) is 3.20. The Morgan fingerprint density at radius 3 is 2.32 bits per heavy atom. The van der Waals surface area contributed by atoms with Crippen molar-refractivity contribution in [2.45, 2.75) is 56.4 Å². The van der Waals surface area contributed by atoms with Gasteiger partial charge in [0.2, 0.25) is 0 Å². The van der Waals surface area contributed by atoms with Crippen molar-refractivity contribution < 1.29 is 34.0 Å². The Bertz CT molecular complexity index is 624. The van der Waals surface area contributed by atoms with E-state index in [1.807, 2.05) is 0 Å². The van der Waals surface area contributed by atoms with Gasteiger partial charge in [-0.15, -0.1) is 0 Å². The standard InChI is InChI=1S/C15H18O7/c1-13(2,18)4-5-11(16)21-7(4)9-14(3)6(12(17)22-9)8-10(20-8)15(5,14)19/h4-10,18-19H,1-3H3. The van der Waals surface area contributed by atoms with Crippen molar-refractivity contribution in [3.8, 4) is 0 Å². The van der Waals surface area contributed by atoms with Gasteiger partial charge in [0.1, 0.15) is 30.0 Å². The fourth-order valence-corrected chi connectivity index (χ4v) is 5.78. The van der Waals surface area contributed by atoms with E-state index in [0.29, 0.717) is 0 Å². The van der Waals surface area contributed by atoms with Crippen LogP contribution >= 0.6 is 0 Å². The summed E-state index contributed by atoms with van der Waals surface area (Å²) in [6.07, 6.45) is -2.44. The zero-order chi connectivity index (χ0) is 15.8. The molecule has 0 radical (unpaired) electrons. The van der Waals surface area contributed by atoms with Crippen LogP contribution < -0.4 is 0 Å². The fourth-order valence-electron chi connectivity index (χ4n) is 5.78. The van der Waals surface area contributed by atoms with Crippen LogP contribution in [0.5, 0.6) is 0 Å². The Morgan fingerprint density at radius 1 is 1.05 bits per heavy atom. The first-order valence-electron chi connectivity index (χ1n) is 7.64. The summed E-state index contributed by atoms with van der Waals surface area (Å²) in [6.45, 7) is 4.95. The van der Waals surface area contributed by atoms with E-state index < -0.39 is 70.7 Å². The highest BCUT2D eigenvalue weighted by molar-refractivity contribution is 5.85. The van der Waals surface area contributed by atoms with Crippen LogP contribution in [0.4, 0.5) is 0 Å². The van der Waals surface area contributed by atoms with Crippen LogP contribution in [-0.2, 0) is 23.8 Å². The Kier molecular flexibility index (Phi) is 1.93. The van der Waals surface area contributed by atoms with Crippen molar-refractivity contribution >= 4 is 11.9 Å². The molecule has 120 valence electrons. The maximum absolute atomic E-state index is 12.4. The van der Waals surface area contributed by atoms with E-state index in [0.717, 1.165) is 0 Å². The fraction of sp³-hybridized carbons (Fsp3) is 0.867. The first-order chi connectivity index (χ1) is 10.1. The summed E-state index contributed by atoms with van der Waals surface area (Å²) in [5, 5.41) is 22.0. The third-order valence-electron chi connectivity index (χ3n) is 6.69. The Morgan fingerprint density at radius 2 is 1.68 bits per heavy atom. The van der Waals surface area contributed by atoms with Gasteiger partial charge < -0.3 is 24.4 Å². The van der Waals surface area contributed by atoms with Gasteiger partial charge in [0.05, 0.1) is 22.9 Å². The first kappa shape index (κ1) is 13.3. The SMILES string of the molecule is CC(C)(O)C1C2OC(=O)C1C1(O)C3OC3C3C(=O)OC2C31C. The molecule has 2 bridgehead atoms. The van der Waals surface area contributed by atoms with E-state index in [9.17, 15) is 19.8 Å². The van der Waals surface area contributed by atoms with Gasteiger partial charge in [-0.3, -0.25) is 9.59 Å². The summed E-state index contributed by atoms with van der Waals surface area (Å²) in [4.78, 5) is 24.7. The predicted molar refractivity (Wildman–Crippen MR) is 68.2 cm³/mol. The number of fused-ring (bicyclic) bond motifs is 7. The minimum atomic E-state index is -1.55. The third kappa shape index (κ3) is 1.04. The number of esters is 2. The zero-order valence-corrected chi connectivity index (χ0v) is 12.5. The average molecular weight is 310 g/mol. The summed E-state index contributed by atoms with van der Waals surface area (Å²) in [5.41, 5.74) is -3.72. The molecule has 0 amide bonds. The van der Waals surface area contributed by atoms with Crippen LogP contribution in [0.2, 0.25) is 0 Å². The Balaban J connectivity index is 1.76. The van der Waals surface area contributed by atoms with E-state index in [4.69, 9.17) is 14.2 Å². The lowest BCUT2D eigenvalue weighted by molar-refractivity contribution is -0.225. The quantitative estimate of drug-likeness (QED) is 0.472. The molecule has 3 aliphatic heterocycles. The number of carbonyl (C=O) groups excluding carboxylic acids is 2. The maximum Gasteiger partial charge on any atom is 0.312 e. The van der Waals surface area contributed by atoms with Crippen LogP contribution in [-0.4, -0.2) is 57.8 Å². The molecular formula is C15H18O7. The Hall–Kier alpha value is -1.18. The van der Waals surface area contributed by atoms with E-state index >= 15 is 0 Å². The lowest BCUT2D eigenvalue weighted by atomic mass is 9.52. The highest BCUT2D eigenvalue weighted by Gasteiger charge is 2.91. The van der Waals surface area contributed by atoms with Gasteiger partial charge in [-0.2, -0.15) is 0 Å². The molecule has 22 heavy (non-hydrogen) atoms. The predicted octanol–water partition coefficient (Wildman–Crippen LogP) is -1.01. The van der Waals surface area contributed by atoms with E-state index in [1.165, 1.54) is 0 Å². The second-order valence-electron chi connectivity index (χ2n) is 8.02. The van der Waals surface area contributed by atoms with E-state index in [1.54, 1.807) is 20.8 Å². The minimum absolute atomic E-state index is 0.401. The summed E-state index contributed by atoms with van der Waals surface area (Å²) in [6, 6.07) is 0. The largest absolute Gasteiger partial charge is 0.458 e. The van der Waals surface area contributed by atoms with Crippen LogP contribution in [0.15, 0.2) is 0 Å². The number of rotatable bonds is 1. The average Bonchev–Trinajstić information content (AvgIpc) is 2.96. The lowest BCUT2D eigenvalue weighted by Gasteiger charge is -2.53. The number of carbonyl (C=O) groups is 2. The van der Waals surface area contributed by atoms with E-state index in [-0.39, 0.29) is 0 Å². The van der Waals surface area contributed by atoms with Crippen LogP contribution in [0.1, 0.15) is 20.8 Å².